The van der Waals surface area contributed by atoms with Crippen LogP contribution in [0.2, 0.25) is 0 Å². The summed E-state index contributed by atoms with van der Waals surface area (Å²) in [5.41, 5.74) is 8.57. The second kappa shape index (κ2) is 11.8. The molecule has 0 amide bonds. The number of carbonyl (C=O) groups excluding carboxylic acids is 1. The van der Waals surface area contributed by atoms with Crippen molar-refractivity contribution < 1.29 is 14.3 Å². The van der Waals surface area contributed by atoms with Crippen LogP contribution in [0.15, 0.2) is 176 Å². The average molecular weight is 649 g/mol. The first kappa shape index (κ1) is 29.5. The number of hydrogen-bond donors (Lipinski definition) is 0. The van der Waals surface area contributed by atoms with E-state index in [-0.39, 0.29) is 5.97 Å². The first-order chi connectivity index (χ1) is 24.6. The number of esters is 1. The Morgan fingerprint density at radius 2 is 0.860 bits per heavy atom. The predicted molar refractivity (Wildman–Crippen MR) is 199 cm³/mol. The van der Waals surface area contributed by atoms with Crippen LogP contribution in [0.4, 0.5) is 34.1 Å². The lowest BCUT2D eigenvalue weighted by Crippen LogP contribution is -2.33. The molecule has 5 heteroatoms. The molecule has 1 spiro atoms. The maximum Gasteiger partial charge on any atom is 0.340 e. The van der Waals surface area contributed by atoms with Crippen molar-refractivity contribution in [1.82, 2.24) is 0 Å². The maximum atomic E-state index is 13.8. The molecular formula is C45H32N2O3. The zero-order valence-electron chi connectivity index (χ0n) is 27.4. The zero-order valence-corrected chi connectivity index (χ0v) is 27.4. The van der Waals surface area contributed by atoms with Crippen LogP contribution in [-0.4, -0.2) is 5.97 Å². The van der Waals surface area contributed by atoms with Crippen LogP contribution in [-0.2, 0) is 10.3 Å². The van der Waals surface area contributed by atoms with E-state index in [2.05, 4.69) is 82.6 Å². The topological polar surface area (TPSA) is 42.0 Å². The number of aryl methyl sites for hydroxylation is 1. The molecule has 0 atom stereocenters. The van der Waals surface area contributed by atoms with Crippen molar-refractivity contribution in [2.75, 3.05) is 9.80 Å². The highest BCUT2D eigenvalue weighted by atomic mass is 16.6. The van der Waals surface area contributed by atoms with Crippen LogP contribution in [0, 0.1) is 6.92 Å². The SMILES string of the molecule is Cc1cccc2c1C(=O)OC21c2ccc(N(c3ccccc3)c3ccccc3)cc2Oc2cc(N(c3ccccc3)c3ccccc3)ccc21. The van der Waals surface area contributed by atoms with Crippen molar-refractivity contribution in [3.8, 4) is 11.5 Å². The van der Waals surface area contributed by atoms with Gasteiger partial charge in [0.2, 0.25) is 0 Å². The summed E-state index contributed by atoms with van der Waals surface area (Å²) in [7, 11) is 0. The Labute approximate surface area is 291 Å². The molecular weight excluding hydrogens is 617 g/mol. The van der Waals surface area contributed by atoms with Gasteiger partial charge in [0.1, 0.15) is 11.5 Å². The van der Waals surface area contributed by atoms with Crippen molar-refractivity contribution in [3.63, 3.8) is 0 Å². The van der Waals surface area contributed by atoms with E-state index in [9.17, 15) is 4.79 Å². The summed E-state index contributed by atoms with van der Waals surface area (Å²) >= 11 is 0. The average Bonchev–Trinajstić information content (AvgIpc) is 3.46. The smallest absolute Gasteiger partial charge is 0.340 e. The van der Waals surface area contributed by atoms with Crippen molar-refractivity contribution in [2.24, 2.45) is 0 Å². The van der Waals surface area contributed by atoms with Gasteiger partial charge in [-0.1, -0.05) is 91.0 Å². The summed E-state index contributed by atoms with van der Waals surface area (Å²) in [5.74, 6) is 0.907. The highest BCUT2D eigenvalue weighted by Gasteiger charge is 2.54. The first-order valence-corrected chi connectivity index (χ1v) is 16.7. The first-order valence-electron chi connectivity index (χ1n) is 16.7. The Morgan fingerprint density at radius 3 is 1.28 bits per heavy atom. The second-order valence-corrected chi connectivity index (χ2v) is 12.5. The monoisotopic (exact) mass is 648 g/mol. The Kier molecular flexibility index (Phi) is 6.99. The molecule has 0 fully saturated rings. The molecule has 7 aromatic carbocycles. The van der Waals surface area contributed by atoms with E-state index in [1.54, 1.807) is 0 Å². The standard InChI is InChI=1S/C45H32N2O3/c1-31-15-14-24-40-43(31)44(48)50-45(40)38-27-25-36(46(32-16-6-2-7-17-32)33-18-8-3-9-19-33)29-41(38)49-42-30-37(26-28-39(42)45)47(34-20-10-4-11-21-34)35-22-12-5-13-23-35/h2-30H,1H3. The number of benzene rings is 7. The van der Waals surface area contributed by atoms with E-state index in [0.717, 1.165) is 56.4 Å². The lowest BCUT2D eigenvalue weighted by molar-refractivity contribution is 0.0224. The molecule has 7 aromatic rings. The normalized spacial score (nSPS) is 13.4. The van der Waals surface area contributed by atoms with Gasteiger partial charge in [0.15, 0.2) is 5.60 Å². The fourth-order valence-electron chi connectivity index (χ4n) is 7.39. The molecule has 2 aliphatic heterocycles. The Morgan fingerprint density at radius 1 is 0.440 bits per heavy atom. The molecule has 2 aliphatic rings. The minimum Gasteiger partial charge on any atom is -0.456 e. The zero-order chi connectivity index (χ0) is 33.7. The molecule has 0 N–H and O–H groups in total. The molecule has 240 valence electrons. The van der Waals surface area contributed by atoms with Crippen LogP contribution in [0.25, 0.3) is 0 Å². The second-order valence-electron chi connectivity index (χ2n) is 12.5. The largest absolute Gasteiger partial charge is 0.456 e. The quantitative estimate of drug-likeness (QED) is 0.168. The maximum absolute atomic E-state index is 13.8. The lowest BCUT2D eigenvalue weighted by Gasteiger charge is -2.38. The Bertz CT molecular complexity index is 2150. The highest BCUT2D eigenvalue weighted by Crippen LogP contribution is 2.58. The Hall–Kier alpha value is -6.59. The van der Waals surface area contributed by atoms with E-state index < -0.39 is 5.60 Å². The van der Waals surface area contributed by atoms with Gasteiger partial charge in [0, 0.05) is 62.9 Å². The van der Waals surface area contributed by atoms with Gasteiger partial charge in [-0.2, -0.15) is 0 Å². The lowest BCUT2D eigenvalue weighted by atomic mass is 9.77. The summed E-state index contributed by atoms with van der Waals surface area (Å²) in [4.78, 5) is 18.2. The summed E-state index contributed by atoms with van der Waals surface area (Å²) in [6.45, 7) is 1.96. The van der Waals surface area contributed by atoms with Crippen molar-refractivity contribution in [3.05, 3.63) is 204 Å². The molecule has 0 saturated carbocycles. The van der Waals surface area contributed by atoms with Gasteiger partial charge in [-0.15, -0.1) is 0 Å². The van der Waals surface area contributed by atoms with E-state index in [4.69, 9.17) is 9.47 Å². The number of fused-ring (bicyclic) bond motifs is 6. The molecule has 50 heavy (non-hydrogen) atoms. The third kappa shape index (κ3) is 4.66. The number of para-hydroxylation sites is 4. The van der Waals surface area contributed by atoms with E-state index in [0.29, 0.717) is 17.1 Å². The molecule has 0 bridgehead atoms. The summed E-state index contributed by atoms with van der Waals surface area (Å²) < 4.78 is 13.5. The fraction of sp³-hybridized carbons (Fsp3) is 0.0444. The van der Waals surface area contributed by atoms with Gasteiger partial charge in [0.25, 0.3) is 0 Å². The summed E-state index contributed by atoms with van der Waals surface area (Å²) in [6.07, 6.45) is 0. The van der Waals surface area contributed by atoms with Crippen LogP contribution in [0.5, 0.6) is 11.5 Å². The van der Waals surface area contributed by atoms with Gasteiger partial charge in [-0.05, 0) is 85.3 Å². The molecule has 0 saturated heterocycles. The van der Waals surface area contributed by atoms with Gasteiger partial charge in [0.05, 0.1) is 5.56 Å². The van der Waals surface area contributed by atoms with Crippen LogP contribution >= 0.6 is 0 Å². The van der Waals surface area contributed by atoms with Crippen LogP contribution in [0.3, 0.4) is 0 Å². The number of anilines is 6. The number of nitrogens with zero attached hydrogens (tertiary/aromatic N) is 2. The van der Waals surface area contributed by atoms with E-state index in [1.807, 2.05) is 110 Å². The van der Waals surface area contributed by atoms with Gasteiger partial charge < -0.3 is 19.3 Å². The summed E-state index contributed by atoms with van der Waals surface area (Å²) in [6, 6.07) is 59.4. The predicted octanol–water partition coefficient (Wildman–Crippen LogP) is 11.5. The number of ether oxygens (including phenoxy) is 2. The van der Waals surface area contributed by atoms with Crippen molar-refractivity contribution in [2.45, 2.75) is 12.5 Å². The minimum atomic E-state index is -1.19. The number of rotatable bonds is 6. The van der Waals surface area contributed by atoms with Gasteiger partial charge >= 0.3 is 5.97 Å². The minimum absolute atomic E-state index is 0.338. The van der Waals surface area contributed by atoms with Gasteiger partial charge in [-0.3, -0.25) is 0 Å². The molecule has 0 aliphatic carbocycles. The fourth-order valence-corrected chi connectivity index (χ4v) is 7.39. The number of carbonyl (C=O) groups is 1. The molecule has 5 nitrogen and oxygen atoms in total. The van der Waals surface area contributed by atoms with Crippen molar-refractivity contribution >= 4 is 40.1 Å². The third-order valence-electron chi connectivity index (χ3n) is 9.58. The van der Waals surface area contributed by atoms with Crippen LogP contribution < -0.4 is 14.5 Å². The molecule has 2 heterocycles. The molecule has 0 radical (unpaired) electrons. The Balaban J connectivity index is 1.26. The number of hydrogen-bond acceptors (Lipinski definition) is 5. The van der Waals surface area contributed by atoms with E-state index >= 15 is 0 Å². The molecule has 0 unspecified atom stereocenters. The highest BCUT2D eigenvalue weighted by molar-refractivity contribution is 5.98. The molecule has 9 rings (SSSR count). The van der Waals surface area contributed by atoms with Crippen LogP contribution in [0.1, 0.15) is 32.6 Å². The van der Waals surface area contributed by atoms with Gasteiger partial charge in [-0.25, -0.2) is 4.79 Å². The third-order valence-corrected chi connectivity index (χ3v) is 9.58. The molecule has 0 aromatic heterocycles. The van der Waals surface area contributed by atoms with E-state index in [1.165, 1.54) is 0 Å². The summed E-state index contributed by atoms with van der Waals surface area (Å²) in [5, 5.41) is 0. The van der Waals surface area contributed by atoms with Crippen molar-refractivity contribution in [1.29, 1.82) is 0 Å².